The molecule has 3 rings (SSSR count). The molecule has 9 atom stereocenters. The van der Waals surface area contributed by atoms with Crippen LogP contribution in [0.4, 0.5) is 0 Å². The molecule has 8 N–H and O–H groups in total. The van der Waals surface area contributed by atoms with E-state index < -0.39 is 114 Å². The number of amides is 8. The van der Waals surface area contributed by atoms with Crippen molar-refractivity contribution in [3.8, 4) is 5.75 Å². The SMILES string of the molecule is CC[C@@H](C)[C@@H]1NC(=O)[C@H](C(C)C)NC(=O)[C@H](Cc2ccc(O)cc2)NC(=O)CNC(=O)[C@@H]2CCCN2C(=O)[C@H](C(C)C)NC(=O)[C@H]([C@@H](C)CC)NC(=O)[C@H](C)NC1=O. The van der Waals surface area contributed by atoms with Crippen LogP contribution < -0.4 is 37.2 Å². The highest BCUT2D eigenvalue weighted by Crippen LogP contribution is 2.21. The number of nitrogens with one attached hydrogen (secondary N) is 7. The number of carbonyl (C=O) groups is 8. The quantitative estimate of drug-likeness (QED) is 0.181. The van der Waals surface area contributed by atoms with Gasteiger partial charge >= 0.3 is 0 Å². The maximum absolute atomic E-state index is 14.0. The van der Waals surface area contributed by atoms with Gasteiger partial charge in [0.25, 0.3) is 0 Å². The summed E-state index contributed by atoms with van der Waals surface area (Å²) < 4.78 is 0. The number of hydrogen-bond acceptors (Lipinski definition) is 9. The third-order valence-corrected chi connectivity index (χ3v) is 11.1. The highest BCUT2D eigenvalue weighted by molar-refractivity contribution is 5.98. The van der Waals surface area contributed by atoms with Crippen molar-refractivity contribution in [1.29, 1.82) is 0 Å². The van der Waals surface area contributed by atoms with Gasteiger partial charge in [0, 0.05) is 13.0 Å². The van der Waals surface area contributed by atoms with E-state index in [9.17, 15) is 43.5 Å². The number of rotatable bonds is 8. The van der Waals surface area contributed by atoms with Gasteiger partial charge in [-0.3, -0.25) is 38.4 Å². The van der Waals surface area contributed by atoms with Gasteiger partial charge < -0.3 is 47.2 Å². The Kier molecular flexibility index (Phi) is 17.5. The summed E-state index contributed by atoms with van der Waals surface area (Å²) in [5.74, 6) is -6.74. The van der Waals surface area contributed by atoms with Gasteiger partial charge in [0.05, 0.1) is 6.54 Å². The molecule has 17 heteroatoms. The summed E-state index contributed by atoms with van der Waals surface area (Å²) in [5, 5.41) is 28.8. The Morgan fingerprint density at radius 1 is 0.638 bits per heavy atom. The minimum Gasteiger partial charge on any atom is -0.508 e. The Balaban J connectivity index is 2.05. The summed E-state index contributed by atoms with van der Waals surface area (Å²) in [6.07, 6.45) is 1.74. The normalized spacial score (nSPS) is 27.6. The molecule has 2 saturated heterocycles. The van der Waals surface area contributed by atoms with Crippen molar-refractivity contribution in [2.24, 2.45) is 23.7 Å². The molecule has 2 aliphatic rings. The van der Waals surface area contributed by atoms with Crippen LogP contribution in [0, 0.1) is 23.7 Å². The molecule has 0 radical (unpaired) electrons. The topological polar surface area (TPSA) is 244 Å². The minimum atomic E-state index is -1.24. The number of phenolic OH excluding ortho intramolecular Hbond substituents is 1. The van der Waals surface area contributed by atoms with Gasteiger partial charge in [0.1, 0.15) is 48.0 Å². The zero-order valence-electron chi connectivity index (χ0n) is 35.3. The van der Waals surface area contributed by atoms with Crippen LogP contribution >= 0.6 is 0 Å². The molecule has 2 fully saturated rings. The Hall–Kier alpha value is -5.22. The highest BCUT2D eigenvalue weighted by atomic mass is 16.3. The fraction of sp³-hybridized carbons (Fsp3) is 0.659. The number of benzene rings is 1. The van der Waals surface area contributed by atoms with Gasteiger partial charge in [-0.25, -0.2) is 0 Å². The molecule has 0 aliphatic carbocycles. The van der Waals surface area contributed by atoms with Crippen LogP contribution in [0.3, 0.4) is 0 Å². The van der Waals surface area contributed by atoms with Crippen molar-refractivity contribution in [2.45, 2.75) is 137 Å². The fourth-order valence-electron chi connectivity index (χ4n) is 6.93. The maximum atomic E-state index is 14.0. The molecule has 0 bridgehead atoms. The zero-order valence-corrected chi connectivity index (χ0v) is 35.3. The second kappa shape index (κ2) is 21.5. The van der Waals surface area contributed by atoms with Gasteiger partial charge in [0.15, 0.2) is 0 Å². The summed E-state index contributed by atoms with van der Waals surface area (Å²) in [7, 11) is 0. The monoisotopic (exact) mass is 812 g/mol. The maximum Gasteiger partial charge on any atom is 0.246 e. The van der Waals surface area contributed by atoms with Crippen molar-refractivity contribution in [1.82, 2.24) is 42.1 Å². The van der Waals surface area contributed by atoms with Crippen LogP contribution in [-0.2, 0) is 44.8 Å². The molecule has 17 nitrogen and oxygen atoms in total. The molecule has 1 aromatic carbocycles. The van der Waals surface area contributed by atoms with Gasteiger partial charge in [-0.05, 0) is 61.1 Å². The van der Waals surface area contributed by atoms with Gasteiger partial charge in [-0.2, -0.15) is 0 Å². The first-order valence-corrected chi connectivity index (χ1v) is 20.5. The largest absolute Gasteiger partial charge is 0.508 e. The third-order valence-electron chi connectivity index (χ3n) is 11.1. The number of nitrogens with zero attached hydrogens (tertiary/aromatic N) is 1. The number of fused-ring (bicyclic) bond motifs is 1. The van der Waals surface area contributed by atoms with Crippen LogP contribution in [-0.4, -0.2) is 113 Å². The van der Waals surface area contributed by atoms with E-state index in [4.69, 9.17) is 0 Å². The Labute approximate surface area is 341 Å². The fourth-order valence-corrected chi connectivity index (χ4v) is 6.93. The first kappa shape index (κ1) is 47.2. The average Bonchev–Trinajstić information content (AvgIpc) is 3.68. The molecular weight excluding hydrogens is 748 g/mol. The van der Waals surface area contributed by atoms with Gasteiger partial charge in [-0.15, -0.1) is 0 Å². The lowest BCUT2D eigenvalue weighted by molar-refractivity contribution is -0.143. The van der Waals surface area contributed by atoms with Gasteiger partial charge in [0.2, 0.25) is 47.3 Å². The minimum absolute atomic E-state index is 0.00282. The zero-order chi connectivity index (χ0) is 43.4. The number of aromatic hydroxyl groups is 1. The van der Waals surface area contributed by atoms with E-state index in [1.165, 1.54) is 24.0 Å². The van der Waals surface area contributed by atoms with E-state index in [2.05, 4.69) is 37.2 Å². The first-order chi connectivity index (χ1) is 27.3. The van der Waals surface area contributed by atoms with E-state index in [0.29, 0.717) is 31.2 Å². The predicted molar refractivity (Wildman–Crippen MR) is 215 cm³/mol. The summed E-state index contributed by atoms with van der Waals surface area (Å²) >= 11 is 0. The molecule has 0 aromatic heterocycles. The van der Waals surface area contributed by atoms with E-state index in [1.807, 2.05) is 13.8 Å². The predicted octanol–water partition coefficient (Wildman–Crippen LogP) is 0.388. The summed E-state index contributed by atoms with van der Waals surface area (Å²) in [6.45, 7) is 15.3. The van der Waals surface area contributed by atoms with Crippen LogP contribution in [0.2, 0.25) is 0 Å². The van der Waals surface area contributed by atoms with Crippen LogP contribution in [0.1, 0.15) is 93.6 Å². The van der Waals surface area contributed by atoms with Crippen molar-refractivity contribution < 1.29 is 43.5 Å². The van der Waals surface area contributed by atoms with E-state index in [-0.39, 0.29) is 24.6 Å². The Morgan fingerprint density at radius 3 is 1.69 bits per heavy atom. The summed E-state index contributed by atoms with van der Waals surface area (Å²) in [5.41, 5.74) is 0.579. The molecule has 0 spiro atoms. The molecule has 58 heavy (non-hydrogen) atoms. The highest BCUT2D eigenvalue weighted by Gasteiger charge is 2.41. The van der Waals surface area contributed by atoms with Crippen molar-refractivity contribution in [3.63, 3.8) is 0 Å². The number of phenols is 1. The Bertz CT molecular complexity index is 1650. The average molecular weight is 813 g/mol. The van der Waals surface area contributed by atoms with Gasteiger partial charge in [-0.1, -0.05) is 80.4 Å². The van der Waals surface area contributed by atoms with Crippen LogP contribution in [0.25, 0.3) is 0 Å². The van der Waals surface area contributed by atoms with Crippen LogP contribution in [0.15, 0.2) is 24.3 Å². The van der Waals surface area contributed by atoms with E-state index in [0.717, 1.165) is 0 Å². The standard InChI is InChI=1S/C41H64N8O9/c1-10-23(7)33-39(56)43-25(9)35(52)47-34(24(8)11-2)40(57)46-32(22(5)6)41(58)49-18-12-13-29(49)37(54)42-20-30(51)44-28(19-26-14-16-27(50)17-15-26)36(53)45-31(21(3)4)38(55)48-33/h14-17,21-25,28-29,31-34,50H,10-13,18-20H2,1-9H3,(H,42,54)(H,43,56)(H,44,51)(H,45,53)(H,46,57)(H,47,52)(H,48,55)/t23-,24+,25+,28+,29+,31+,32+,33+,34+/m1/s1. The molecule has 0 saturated carbocycles. The molecular formula is C41H64N8O9. The van der Waals surface area contributed by atoms with Crippen molar-refractivity contribution in [3.05, 3.63) is 29.8 Å². The lowest BCUT2D eigenvalue weighted by Gasteiger charge is -2.33. The van der Waals surface area contributed by atoms with Crippen LogP contribution in [0.5, 0.6) is 5.75 Å². The number of carbonyl (C=O) groups excluding carboxylic acids is 8. The van der Waals surface area contributed by atoms with E-state index in [1.54, 1.807) is 53.7 Å². The van der Waals surface area contributed by atoms with E-state index >= 15 is 0 Å². The second-order valence-electron chi connectivity index (χ2n) is 16.3. The summed E-state index contributed by atoms with van der Waals surface area (Å²) in [4.78, 5) is 111. The molecule has 2 heterocycles. The van der Waals surface area contributed by atoms with Crippen molar-refractivity contribution in [2.75, 3.05) is 13.1 Å². The second-order valence-corrected chi connectivity index (χ2v) is 16.3. The first-order valence-electron chi connectivity index (χ1n) is 20.5. The number of hydrogen-bond donors (Lipinski definition) is 8. The summed E-state index contributed by atoms with van der Waals surface area (Å²) in [6, 6.07) is -1.70. The lowest BCUT2D eigenvalue weighted by atomic mass is 9.95. The lowest BCUT2D eigenvalue weighted by Crippen LogP contribution is -2.62. The third kappa shape index (κ3) is 12.6. The smallest absolute Gasteiger partial charge is 0.246 e. The molecule has 0 unspecified atom stereocenters. The Morgan fingerprint density at radius 2 is 1.14 bits per heavy atom. The van der Waals surface area contributed by atoms with Crippen molar-refractivity contribution >= 4 is 47.3 Å². The molecule has 322 valence electrons. The molecule has 1 aromatic rings. The molecule has 8 amide bonds. The molecule has 2 aliphatic heterocycles.